The zero-order chi connectivity index (χ0) is 22.4. The maximum atomic E-state index is 13.0. The van der Waals surface area contributed by atoms with Crippen LogP contribution in [0.25, 0.3) is 6.08 Å². The molecule has 0 aliphatic heterocycles. The van der Waals surface area contributed by atoms with Gasteiger partial charge in [0.05, 0.1) is 6.54 Å². The highest BCUT2D eigenvalue weighted by Crippen LogP contribution is 2.20. The second kappa shape index (κ2) is 10.1. The number of nitrogens with zero attached hydrogens (tertiary/aromatic N) is 2. The predicted molar refractivity (Wildman–Crippen MR) is 124 cm³/mol. The summed E-state index contributed by atoms with van der Waals surface area (Å²) >= 11 is 3.21. The molecular formula is C22H23BrN4O4. The number of rotatable bonds is 8. The molecule has 0 atom stereocenters. The average molecular weight is 487 g/mol. The molecule has 162 valence electrons. The lowest BCUT2D eigenvalue weighted by Crippen LogP contribution is -2.41. The third kappa shape index (κ3) is 5.43. The van der Waals surface area contributed by atoms with Gasteiger partial charge in [0.15, 0.2) is 10.4 Å². The van der Waals surface area contributed by atoms with E-state index in [2.05, 4.69) is 20.9 Å². The first kappa shape index (κ1) is 22.4. The number of aromatic amines is 1. The van der Waals surface area contributed by atoms with Crippen LogP contribution in [0.15, 0.2) is 67.2 Å². The summed E-state index contributed by atoms with van der Waals surface area (Å²) in [5.74, 6) is -0.0223. The minimum Gasteiger partial charge on any atom is -0.450 e. The van der Waals surface area contributed by atoms with Crippen molar-refractivity contribution in [3.05, 3.63) is 85.4 Å². The number of carbonyl (C=O) groups is 1. The number of hydrogen-bond acceptors (Lipinski definition) is 5. The zero-order valence-corrected chi connectivity index (χ0v) is 18.6. The van der Waals surface area contributed by atoms with Crippen molar-refractivity contribution < 1.29 is 9.21 Å². The third-order valence-corrected chi connectivity index (χ3v) is 5.08. The van der Waals surface area contributed by atoms with Gasteiger partial charge in [-0.15, -0.1) is 0 Å². The SMILES string of the molecule is CCCCN(C(=O)/C=C/c1ccc(Br)o1)c1c(N)n(Cc2ccccc2)c(=O)[nH]c1=O. The Bertz CT molecular complexity index is 1190. The standard InChI is InChI=1S/C22H23BrN4O4/c1-2-3-13-26(18(28)12-10-16-9-11-17(23)31-16)19-20(24)27(22(30)25-21(19)29)14-15-7-5-4-6-8-15/h4-12H,2-3,13-14,24H2,1H3,(H,25,29,30)/b12-10+. The number of carbonyl (C=O) groups excluding carboxylic acids is 1. The van der Waals surface area contributed by atoms with E-state index >= 15 is 0 Å². The van der Waals surface area contributed by atoms with Crippen LogP contribution in [0.5, 0.6) is 0 Å². The van der Waals surface area contributed by atoms with Crippen LogP contribution in [0.4, 0.5) is 11.5 Å². The number of benzene rings is 1. The van der Waals surface area contributed by atoms with Crippen molar-refractivity contribution in [1.29, 1.82) is 0 Å². The van der Waals surface area contributed by atoms with Crippen molar-refractivity contribution in [3.8, 4) is 0 Å². The molecule has 0 saturated heterocycles. The maximum absolute atomic E-state index is 13.0. The van der Waals surface area contributed by atoms with Crippen LogP contribution in [0.3, 0.4) is 0 Å². The van der Waals surface area contributed by atoms with Gasteiger partial charge in [-0.2, -0.15) is 0 Å². The van der Waals surface area contributed by atoms with Crippen LogP contribution in [-0.2, 0) is 11.3 Å². The molecule has 0 saturated carbocycles. The number of nitrogens with one attached hydrogen (secondary N) is 1. The van der Waals surface area contributed by atoms with Crippen molar-refractivity contribution in [3.63, 3.8) is 0 Å². The summed E-state index contributed by atoms with van der Waals surface area (Å²) in [7, 11) is 0. The van der Waals surface area contributed by atoms with Gasteiger partial charge in [-0.3, -0.25) is 19.1 Å². The van der Waals surface area contributed by atoms with Crippen molar-refractivity contribution in [2.24, 2.45) is 0 Å². The fraction of sp³-hybridized carbons (Fsp3) is 0.227. The van der Waals surface area contributed by atoms with Gasteiger partial charge in [0.1, 0.15) is 11.6 Å². The topological polar surface area (TPSA) is 114 Å². The fourth-order valence-electron chi connectivity index (χ4n) is 3.07. The maximum Gasteiger partial charge on any atom is 0.330 e. The van der Waals surface area contributed by atoms with Gasteiger partial charge in [0.25, 0.3) is 11.5 Å². The van der Waals surface area contributed by atoms with E-state index in [1.165, 1.54) is 21.6 Å². The molecule has 0 spiro atoms. The minimum atomic E-state index is -0.703. The molecule has 2 aromatic heterocycles. The first-order valence-electron chi connectivity index (χ1n) is 9.82. The van der Waals surface area contributed by atoms with Gasteiger partial charge in [-0.25, -0.2) is 4.79 Å². The molecule has 2 heterocycles. The monoisotopic (exact) mass is 486 g/mol. The van der Waals surface area contributed by atoms with Crippen LogP contribution >= 0.6 is 15.9 Å². The largest absolute Gasteiger partial charge is 0.450 e. The summed E-state index contributed by atoms with van der Waals surface area (Å²) in [6.07, 6.45) is 4.28. The van der Waals surface area contributed by atoms with E-state index in [4.69, 9.17) is 10.2 Å². The van der Waals surface area contributed by atoms with Gasteiger partial charge in [-0.1, -0.05) is 43.7 Å². The van der Waals surface area contributed by atoms with Gasteiger partial charge in [0.2, 0.25) is 0 Å². The molecule has 3 N–H and O–H groups in total. The first-order chi connectivity index (χ1) is 14.9. The van der Waals surface area contributed by atoms with Crippen LogP contribution in [0.1, 0.15) is 31.1 Å². The molecule has 9 heteroatoms. The second-order valence-corrected chi connectivity index (χ2v) is 7.67. The highest BCUT2D eigenvalue weighted by Gasteiger charge is 2.22. The molecule has 3 rings (SSSR count). The van der Waals surface area contributed by atoms with Gasteiger partial charge < -0.3 is 15.1 Å². The summed E-state index contributed by atoms with van der Waals surface area (Å²) in [6.45, 7) is 2.42. The Labute approximate surface area is 187 Å². The zero-order valence-electron chi connectivity index (χ0n) is 17.0. The number of nitrogen functional groups attached to an aromatic ring is 1. The summed E-state index contributed by atoms with van der Waals surface area (Å²) < 4.78 is 7.16. The Kier molecular flexibility index (Phi) is 7.30. The normalized spacial score (nSPS) is 11.2. The van der Waals surface area contributed by atoms with Crippen molar-refractivity contribution >= 4 is 39.4 Å². The van der Waals surface area contributed by atoms with Gasteiger partial charge in [0, 0.05) is 12.6 Å². The van der Waals surface area contributed by atoms with Crippen LogP contribution in [0.2, 0.25) is 0 Å². The van der Waals surface area contributed by atoms with Gasteiger partial charge >= 0.3 is 5.69 Å². The summed E-state index contributed by atoms with van der Waals surface area (Å²) in [6, 6.07) is 12.7. The molecule has 0 unspecified atom stereocenters. The summed E-state index contributed by atoms with van der Waals surface area (Å²) in [5, 5.41) is 0. The van der Waals surface area contributed by atoms with E-state index in [9.17, 15) is 14.4 Å². The Balaban J connectivity index is 2.00. The number of hydrogen-bond donors (Lipinski definition) is 2. The van der Waals surface area contributed by atoms with E-state index in [0.717, 1.165) is 12.0 Å². The smallest absolute Gasteiger partial charge is 0.330 e. The molecule has 3 aromatic rings. The quantitative estimate of drug-likeness (QED) is 0.473. The lowest BCUT2D eigenvalue weighted by atomic mass is 10.2. The molecule has 8 nitrogen and oxygen atoms in total. The lowest BCUT2D eigenvalue weighted by molar-refractivity contribution is -0.114. The molecule has 1 amide bonds. The number of halogens is 1. The van der Waals surface area contributed by atoms with Crippen LogP contribution in [0, 0.1) is 0 Å². The highest BCUT2D eigenvalue weighted by molar-refractivity contribution is 9.10. The van der Waals surface area contributed by atoms with Gasteiger partial charge in [-0.05, 0) is 46.1 Å². The molecule has 1 aromatic carbocycles. The highest BCUT2D eigenvalue weighted by atomic mass is 79.9. The lowest BCUT2D eigenvalue weighted by Gasteiger charge is -2.23. The van der Waals surface area contributed by atoms with Crippen molar-refractivity contribution in [1.82, 2.24) is 9.55 Å². The van der Waals surface area contributed by atoms with E-state index in [1.807, 2.05) is 37.3 Å². The van der Waals surface area contributed by atoms with E-state index < -0.39 is 17.2 Å². The molecule has 0 bridgehead atoms. The third-order valence-electron chi connectivity index (χ3n) is 4.65. The molecule has 0 aliphatic carbocycles. The number of anilines is 2. The van der Waals surface area contributed by atoms with E-state index in [-0.39, 0.29) is 24.6 Å². The average Bonchev–Trinajstić information content (AvgIpc) is 3.17. The Hall–Kier alpha value is -3.33. The molecule has 31 heavy (non-hydrogen) atoms. The number of aromatic nitrogens is 2. The number of amides is 1. The first-order valence-corrected chi connectivity index (χ1v) is 10.6. The molecule has 0 radical (unpaired) electrons. The van der Waals surface area contributed by atoms with Crippen LogP contribution < -0.4 is 21.9 Å². The fourth-order valence-corrected chi connectivity index (χ4v) is 3.39. The summed E-state index contributed by atoms with van der Waals surface area (Å²) in [5.41, 5.74) is 5.71. The summed E-state index contributed by atoms with van der Waals surface area (Å²) in [4.78, 5) is 41.7. The molecular weight excluding hydrogens is 464 g/mol. The number of nitrogens with two attached hydrogens (primary N) is 1. The number of furan rings is 1. The Morgan fingerprint density at radius 1 is 1.23 bits per heavy atom. The molecule has 0 aliphatic rings. The van der Waals surface area contributed by atoms with E-state index in [1.54, 1.807) is 12.1 Å². The number of unbranched alkanes of at least 4 members (excludes halogenated alkanes) is 1. The Morgan fingerprint density at radius 3 is 2.61 bits per heavy atom. The van der Waals surface area contributed by atoms with Crippen LogP contribution in [-0.4, -0.2) is 22.0 Å². The predicted octanol–water partition coefficient (Wildman–Crippen LogP) is 3.37. The second-order valence-electron chi connectivity index (χ2n) is 6.88. The van der Waals surface area contributed by atoms with E-state index in [0.29, 0.717) is 16.9 Å². The number of H-pyrrole nitrogens is 1. The Morgan fingerprint density at radius 2 is 1.97 bits per heavy atom. The minimum absolute atomic E-state index is 0.0424. The van der Waals surface area contributed by atoms with Crippen molar-refractivity contribution in [2.75, 3.05) is 17.2 Å². The van der Waals surface area contributed by atoms with Crippen molar-refractivity contribution in [2.45, 2.75) is 26.3 Å². The molecule has 0 fully saturated rings.